The van der Waals surface area contributed by atoms with Gasteiger partial charge < -0.3 is 5.32 Å². The van der Waals surface area contributed by atoms with E-state index in [1.54, 1.807) is 11.3 Å². The Labute approximate surface area is 173 Å². The molecule has 3 aromatic heterocycles. The largest absolute Gasteiger partial charge is 0.355 e. The molecule has 148 valence electrons. The molecule has 4 aromatic rings. The van der Waals surface area contributed by atoms with E-state index in [9.17, 15) is 4.79 Å². The Morgan fingerprint density at radius 1 is 1.10 bits per heavy atom. The number of nitrogens with zero attached hydrogens (tertiary/aromatic N) is 4. The lowest BCUT2D eigenvalue weighted by Crippen LogP contribution is -2.37. The first-order valence-corrected chi connectivity index (χ1v) is 11.0. The van der Waals surface area contributed by atoms with Gasteiger partial charge in [0.05, 0.1) is 15.2 Å². The maximum absolute atomic E-state index is 13.0. The van der Waals surface area contributed by atoms with Gasteiger partial charge in [-0.05, 0) is 37.1 Å². The van der Waals surface area contributed by atoms with Gasteiger partial charge in [0.15, 0.2) is 5.65 Å². The van der Waals surface area contributed by atoms with Crippen LogP contribution in [0.3, 0.4) is 0 Å². The second-order valence-corrected chi connectivity index (χ2v) is 8.67. The maximum Gasteiger partial charge on any atom is 0.223 e. The standard InChI is InChI=1S/C22H23N5OS/c28-21(23-13-12-20-26-25-19-11-5-6-14-27(19)20)15-7-1-2-8-16(15)22-24-17-9-3-4-10-18(17)29-22/h3-6,9-11,14-16H,1-2,7-8,12-13H2,(H,23,28). The average Bonchev–Trinajstić information content (AvgIpc) is 3.38. The first kappa shape index (κ1) is 18.2. The summed E-state index contributed by atoms with van der Waals surface area (Å²) < 4.78 is 3.17. The van der Waals surface area contributed by atoms with Crippen molar-refractivity contribution in [1.82, 2.24) is 24.9 Å². The number of thiazole rings is 1. The summed E-state index contributed by atoms with van der Waals surface area (Å²) in [5, 5.41) is 12.7. The topological polar surface area (TPSA) is 72.2 Å². The third-order valence-electron chi connectivity index (χ3n) is 5.76. The highest BCUT2D eigenvalue weighted by atomic mass is 32.1. The monoisotopic (exact) mass is 405 g/mol. The van der Waals surface area contributed by atoms with Crippen LogP contribution in [0.4, 0.5) is 0 Å². The van der Waals surface area contributed by atoms with Crippen molar-refractivity contribution < 1.29 is 4.79 Å². The fourth-order valence-electron chi connectivity index (χ4n) is 4.28. The van der Waals surface area contributed by atoms with E-state index in [4.69, 9.17) is 4.98 Å². The van der Waals surface area contributed by atoms with Gasteiger partial charge in [-0.2, -0.15) is 0 Å². The van der Waals surface area contributed by atoms with Crippen molar-refractivity contribution in [2.45, 2.75) is 38.0 Å². The van der Waals surface area contributed by atoms with Crippen LogP contribution in [-0.4, -0.2) is 32.0 Å². The van der Waals surface area contributed by atoms with Crippen LogP contribution in [0.15, 0.2) is 48.7 Å². The van der Waals surface area contributed by atoms with Gasteiger partial charge in [0, 0.05) is 31.0 Å². The smallest absolute Gasteiger partial charge is 0.223 e. The summed E-state index contributed by atoms with van der Waals surface area (Å²) in [4.78, 5) is 17.9. The number of fused-ring (bicyclic) bond motifs is 2. The molecule has 0 bridgehead atoms. The quantitative estimate of drug-likeness (QED) is 0.545. The van der Waals surface area contributed by atoms with Crippen molar-refractivity contribution in [3.05, 3.63) is 59.5 Å². The molecule has 1 N–H and O–H groups in total. The predicted molar refractivity (Wildman–Crippen MR) is 114 cm³/mol. The number of rotatable bonds is 5. The molecule has 1 amide bonds. The third kappa shape index (κ3) is 3.62. The van der Waals surface area contributed by atoms with E-state index in [1.165, 1.54) is 4.70 Å². The van der Waals surface area contributed by atoms with Crippen molar-refractivity contribution in [3.8, 4) is 0 Å². The average molecular weight is 406 g/mol. The zero-order chi connectivity index (χ0) is 19.6. The number of amides is 1. The molecule has 0 spiro atoms. The van der Waals surface area contributed by atoms with Gasteiger partial charge in [-0.3, -0.25) is 9.20 Å². The Morgan fingerprint density at radius 3 is 2.90 bits per heavy atom. The van der Waals surface area contributed by atoms with E-state index in [1.807, 2.05) is 40.9 Å². The number of hydrogen-bond donors (Lipinski definition) is 1. The normalized spacial score (nSPS) is 19.6. The second-order valence-electron chi connectivity index (χ2n) is 7.60. The van der Waals surface area contributed by atoms with Crippen LogP contribution >= 0.6 is 11.3 Å². The summed E-state index contributed by atoms with van der Waals surface area (Å²) in [5.41, 5.74) is 1.87. The molecule has 0 aliphatic heterocycles. The number of nitrogens with one attached hydrogen (secondary N) is 1. The SMILES string of the molecule is O=C(NCCc1nnc2ccccn12)C1CCCCC1c1nc2ccccc2s1. The summed E-state index contributed by atoms with van der Waals surface area (Å²) in [7, 11) is 0. The molecular formula is C22H23N5OS. The minimum atomic E-state index is -0.000504. The van der Waals surface area contributed by atoms with Gasteiger partial charge in [-0.1, -0.05) is 31.0 Å². The molecule has 3 heterocycles. The van der Waals surface area contributed by atoms with Crippen LogP contribution in [0.1, 0.15) is 42.4 Å². The molecule has 1 saturated carbocycles. The summed E-state index contributed by atoms with van der Waals surface area (Å²) in [6.45, 7) is 0.567. The Balaban J connectivity index is 1.27. The minimum absolute atomic E-state index is 0.000504. The van der Waals surface area contributed by atoms with E-state index >= 15 is 0 Å². The number of pyridine rings is 1. The number of carbonyl (C=O) groups excluding carboxylic acids is 1. The molecule has 1 aliphatic rings. The first-order valence-electron chi connectivity index (χ1n) is 10.2. The zero-order valence-corrected chi connectivity index (χ0v) is 16.9. The zero-order valence-electron chi connectivity index (χ0n) is 16.1. The second kappa shape index (κ2) is 7.91. The molecule has 5 rings (SSSR count). The Hall–Kier alpha value is -2.80. The van der Waals surface area contributed by atoms with E-state index in [0.717, 1.165) is 47.7 Å². The van der Waals surface area contributed by atoms with E-state index in [-0.39, 0.29) is 17.7 Å². The first-order chi connectivity index (χ1) is 14.3. The van der Waals surface area contributed by atoms with Crippen molar-refractivity contribution in [2.24, 2.45) is 5.92 Å². The van der Waals surface area contributed by atoms with Crippen LogP contribution in [-0.2, 0) is 11.2 Å². The van der Waals surface area contributed by atoms with Crippen LogP contribution < -0.4 is 5.32 Å². The highest BCUT2D eigenvalue weighted by Gasteiger charge is 2.33. The van der Waals surface area contributed by atoms with Gasteiger partial charge >= 0.3 is 0 Å². The third-order valence-corrected chi connectivity index (χ3v) is 6.93. The molecule has 2 atom stereocenters. The molecule has 1 fully saturated rings. The van der Waals surface area contributed by atoms with Gasteiger partial charge in [0.2, 0.25) is 5.91 Å². The number of hydrogen-bond acceptors (Lipinski definition) is 5. The number of aromatic nitrogens is 4. The number of carbonyl (C=O) groups is 1. The fourth-order valence-corrected chi connectivity index (χ4v) is 5.45. The van der Waals surface area contributed by atoms with Crippen LogP contribution in [0, 0.1) is 5.92 Å². The Bertz CT molecular complexity index is 1120. The summed E-state index contributed by atoms with van der Waals surface area (Å²) in [5.74, 6) is 1.23. The lowest BCUT2D eigenvalue weighted by molar-refractivity contribution is -0.126. The summed E-state index contributed by atoms with van der Waals surface area (Å²) in [6, 6.07) is 14.1. The van der Waals surface area contributed by atoms with Gasteiger partial charge in [-0.15, -0.1) is 21.5 Å². The molecule has 6 nitrogen and oxygen atoms in total. The molecule has 29 heavy (non-hydrogen) atoms. The molecule has 0 radical (unpaired) electrons. The molecule has 1 aliphatic carbocycles. The van der Waals surface area contributed by atoms with Gasteiger partial charge in [-0.25, -0.2) is 4.98 Å². The fraction of sp³-hybridized carbons (Fsp3) is 0.364. The molecule has 2 unspecified atom stereocenters. The lowest BCUT2D eigenvalue weighted by atomic mass is 9.79. The Kier molecular flexibility index (Phi) is 4.97. The number of para-hydroxylation sites is 1. The minimum Gasteiger partial charge on any atom is -0.355 e. The number of benzene rings is 1. The van der Waals surface area contributed by atoms with Crippen molar-refractivity contribution >= 4 is 33.1 Å². The van der Waals surface area contributed by atoms with E-state index < -0.39 is 0 Å². The van der Waals surface area contributed by atoms with Crippen molar-refractivity contribution in [1.29, 1.82) is 0 Å². The summed E-state index contributed by atoms with van der Waals surface area (Å²) in [6.07, 6.45) is 6.85. The van der Waals surface area contributed by atoms with Crippen molar-refractivity contribution in [2.75, 3.05) is 6.54 Å². The van der Waals surface area contributed by atoms with Crippen LogP contribution in [0.5, 0.6) is 0 Å². The van der Waals surface area contributed by atoms with Gasteiger partial charge in [0.1, 0.15) is 5.82 Å². The molecule has 0 saturated heterocycles. The highest BCUT2D eigenvalue weighted by Crippen LogP contribution is 2.40. The lowest BCUT2D eigenvalue weighted by Gasteiger charge is -2.29. The van der Waals surface area contributed by atoms with Crippen LogP contribution in [0.2, 0.25) is 0 Å². The Morgan fingerprint density at radius 2 is 1.97 bits per heavy atom. The molecule has 1 aromatic carbocycles. The maximum atomic E-state index is 13.0. The van der Waals surface area contributed by atoms with E-state index in [2.05, 4.69) is 27.6 Å². The summed E-state index contributed by atoms with van der Waals surface area (Å²) >= 11 is 1.74. The molecule has 7 heteroatoms. The molecular weight excluding hydrogens is 382 g/mol. The van der Waals surface area contributed by atoms with Crippen molar-refractivity contribution in [3.63, 3.8) is 0 Å². The predicted octanol–water partition coefficient (Wildman–Crippen LogP) is 3.97. The highest BCUT2D eigenvalue weighted by molar-refractivity contribution is 7.18. The van der Waals surface area contributed by atoms with Crippen LogP contribution in [0.25, 0.3) is 15.9 Å². The van der Waals surface area contributed by atoms with E-state index in [0.29, 0.717) is 13.0 Å². The van der Waals surface area contributed by atoms with Gasteiger partial charge in [0.25, 0.3) is 0 Å².